The molecule has 0 bridgehead atoms. The van der Waals surface area contributed by atoms with Gasteiger partial charge in [0.2, 0.25) is 17.6 Å². The average Bonchev–Trinajstić information content (AvgIpc) is 3.43. The van der Waals surface area contributed by atoms with Crippen molar-refractivity contribution >= 4 is 23.3 Å². The number of urea groups is 1. The minimum absolute atomic E-state index is 0.0366. The first-order chi connectivity index (χ1) is 14.7. The molecule has 2 aromatic rings. The van der Waals surface area contributed by atoms with Crippen LogP contribution in [0.15, 0.2) is 22.0 Å². The third-order valence-corrected chi connectivity index (χ3v) is 6.04. The summed E-state index contributed by atoms with van der Waals surface area (Å²) < 4.78 is 5.28. The van der Waals surface area contributed by atoms with E-state index in [0.29, 0.717) is 31.2 Å². The molecular formula is C21H31N5O3S. The maximum absolute atomic E-state index is 11.9. The predicted molar refractivity (Wildman–Crippen MR) is 116 cm³/mol. The van der Waals surface area contributed by atoms with Crippen LogP contribution in [0.1, 0.15) is 63.7 Å². The van der Waals surface area contributed by atoms with Crippen LogP contribution in [0.5, 0.6) is 0 Å². The molecule has 30 heavy (non-hydrogen) atoms. The van der Waals surface area contributed by atoms with E-state index in [4.69, 9.17) is 4.52 Å². The lowest BCUT2D eigenvalue weighted by molar-refractivity contribution is -0.120. The van der Waals surface area contributed by atoms with Crippen LogP contribution in [0.25, 0.3) is 10.7 Å². The van der Waals surface area contributed by atoms with Crippen molar-refractivity contribution in [1.29, 1.82) is 0 Å². The molecular weight excluding hydrogens is 402 g/mol. The maximum Gasteiger partial charge on any atom is 0.315 e. The van der Waals surface area contributed by atoms with Gasteiger partial charge in [0.1, 0.15) is 0 Å². The van der Waals surface area contributed by atoms with E-state index in [9.17, 15) is 9.59 Å². The largest absolute Gasteiger partial charge is 0.356 e. The number of aromatic nitrogens is 2. The summed E-state index contributed by atoms with van der Waals surface area (Å²) in [6.07, 6.45) is 9.56. The molecule has 0 atom stereocenters. The van der Waals surface area contributed by atoms with Crippen LogP contribution in [0.2, 0.25) is 0 Å². The van der Waals surface area contributed by atoms with E-state index in [1.807, 2.05) is 17.5 Å². The fourth-order valence-corrected chi connectivity index (χ4v) is 4.18. The molecule has 3 N–H and O–H groups in total. The van der Waals surface area contributed by atoms with Gasteiger partial charge < -0.3 is 20.5 Å². The third-order valence-electron chi connectivity index (χ3n) is 5.18. The van der Waals surface area contributed by atoms with Crippen LogP contribution in [-0.4, -0.2) is 41.2 Å². The van der Waals surface area contributed by atoms with Gasteiger partial charge in [0.05, 0.1) is 4.88 Å². The first kappa shape index (κ1) is 22.3. The number of rotatable bonds is 11. The molecule has 3 rings (SSSR count). The van der Waals surface area contributed by atoms with Gasteiger partial charge in [-0.05, 0) is 37.1 Å². The standard InChI is InChI=1S/C21H31N5O3S/c27-18(12-14-23-21(28)24-16-8-3-1-4-9-16)22-13-6-2-5-11-19-25-20(26-29-19)17-10-7-15-30-17/h7,10,15-16H,1-6,8-9,11-14H2,(H,22,27)(H2,23,24,28). The van der Waals surface area contributed by atoms with Gasteiger partial charge >= 0.3 is 6.03 Å². The molecule has 0 spiro atoms. The molecule has 1 saturated carbocycles. The van der Waals surface area contributed by atoms with Crippen molar-refractivity contribution in [3.05, 3.63) is 23.4 Å². The summed E-state index contributed by atoms with van der Waals surface area (Å²) in [4.78, 5) is 29.1. The van der Waals surface area contributed by atoms with Gasteiger partial charge in [0, 0.05) is 32.0 Å². The highest BCUT2D eigenvalue weighted by atomic mass is 32.1. The number of nitrogens with zero attached hydrogens (tertiary/aromatic N) is 2. The number of aryl methyl sites for hydroxylation is 1. The zero-order chi connectivity index (χ0) is 21.0. The van der Waals surface area contributed by atoms with E-state index in [2.05, 4.69) is 26.1 Å². The van der Waals surface area contributed by atoms with Gasteiger partial charge in [-0.2, -0.15) is 4.98 Å². The molecule has 8 nitrogen and oxygen atoms in total. The molecule has 9 heteroatoms. The van der Waals surface area contributed by atoms with Crippen LogP contribution in [0, 0.1) is 0 Å². The number of carbonyl (C=O) groups excluding carboxylic acids is 2. The van der Waals surface area contributed by atoms with Crippen molar-refractivity contribution in [1.82, 2.24) is 26.1 Å². The third kappa shape index (κ3) is 7.78. The van der Waals surface area contributed by atoms with E-state index < -0.39 is 0 Å². The van der Waals surface area contributed by atoms with E-state index in [0.717, 1.165) is 43.4 Å². The molecule has 1 aliphatic rings. The molecule has 2 aromatic heterocycles. The number of thiophene rings is 1. The number of hydrogen-bond donors (Lipinski definition) is 3. The lowest BCUT2D eigenvalue weighted by atomic mass is 9.96. The summed E-state index contributed by atoms with van der Waals surface area (Å²) in [5.41, 5.74) is 0. The second kappa shape index (κ2) is 12.3. The Morgan fingerprint density at radius 2 is 1.97 bits per heavy atom. The Balaban J connectivity index is 1.17. The quantitative estimate of drug-likeness (QED) is 0.469. The van der Waals surface area contributed by atoms with E-state index in [-0.39, 0.29) is 18.0 Å². The number of hydrogen-bond acceptors (Lipinski definition) is 6. The summed E-state index contributed by atoms with van der Waals surface area (Å²) in [5, 5.41) is 14.6. The van der Waals surface area contributed by atoms with Crippen molar-refractivity contribution < 1.29 is 14.1 Å². The van der Waals surface area contributed by atoms with E-state index in [1.165, 1.54) is 19.3 Å². The van der Waals surface area contributed by atoms with Gasteiger partial charge in [0.15, 0.2) is 0 Å². The molecule has 1 aliphatic carbocycles. The van der Waals surface area contributed by atoms with E-state index in [1.54, 1.807) is 11.3 Å². The Labute approximate surface area is 181 Å². The average molecular weight is 434 g/mol. The molecule has 0 saturated heterocycles. The topological polar surface area (TPSA) is 109 Å². The van der Waals surface area contributed by atoms with Crippen LogP contribution >= 0.6 is 11.3 Å². The maximum atomic E-state index is 11.9. The number of unbranched alkanes of at least 4 members (excludes halogenated alkanes) is 2. The van der Waals surface area contributed by atoms with Crippen molar-refractivity contribution in [3.8, 4) is 10.7 Å². The Hall–Kier alpha value is -2.42. The van der Waals surface area contributed by atoms with Gasteiger partial charge in [-0.1, -0.05) is 36.9 Å². The SMILES string of the molecule is O=C(CCNC(=O)NC1CCCCC1)NCCCCCc1nc(-c2cccs2)no1. The van der Waals surface area contributed by atoms with Gasteiger partial charge in [0.25, 0.3) is 0 Å². The predicted octanol–water partition coefficient (Wildman–Crippen LogP) is 3.65. The van der Waals surface area contributed by atoms with Gasteiger partial charge in [-0.15, -0.1) is 11.3 Å². The zero-order valence-electron chi connectivity index (χ0n) is 17.3. The Bertz CT molecular complexity index is 771. The van der Waals surface area contributed by atoms with Crippen molar-refractivity contribution in [2.45, 2.75) is 70.3 Å². The highest BCUT2D eigenvalue weighted by molar-refractivity contribution is 7.13. The summed E-state index contributed by atoms with van der Waals surface area (Å²) >= 11 is 1.59. The summed E-state index contributed by atoms with van der Waals surface area (Å²) in [6.45, 7) is 0.992. The highest BCUT2D eigenvalue weighted by Crippen LogP contribution is 2.21. The number of nitrogens with one attached hydrogen (secondary N) is 3. The Morgan fingerprint density at radius 1 is 1.10 bits per heavy atom. The minimum Gasteiger partial charge on any atom is -0.356 e. The highest BCUT2D eigenvalue weighted by Gasteiger charge is 2.15. The summed E-state index contributed by atoms with van der Waals surface area (Å²) in [6, 6.07) is 4.05. The van der Waals surface area contributed by atoms with Crippen LogP contribution in [-0.2, 0) is 11.2 Å². The summed E-state index contributed by atoms with van der Waals surface area (Å²) in [5.74, 6) is 1.26. The minimum atomic E-state index is -0.169. The number of amides is 3. The van der Waals surface area contributed by atoms with Crippen LogP contribution < -0.4 is 16.0 Å². The Morgan fingerprint density at radius 3 is 2.77 bits per heavy atom. The number of carbonyl (C=O) groups is 2. The van der Waals surface area contributed by atoms with E-state index >= 15 is 0 Å². The molecule has 0 aromatic carbocycles. The van der Waals surface area contributed by atoms with Crippen LogP contribution in [0.4, 0.5) is 4.79 Å². The van der Waals surface area contributed by atoms with Crippen molar-refractivity contribution in [3.63, 3.8) is 0 Å². The second-order valence-corrected chi connectivity index (χ2v) is 8.58. The first-order valence-corrected chi connectivity index (χ1v) is 11.8. The lowest BCUT2D eigenvalue weighted by Crippen LogP contribution is -2.43. The lowest BCUT2D eigenvalue weighted by Gasteiger charge is -2.22. The monoisotopic (exact) mass is 433 g/mol. The molecule has 0 radical (unpaired) electrons. The zero-order valence-corrected chi connectivity index (χ0v) is 18.1. The van der Waals surface area contributed by atoms with Gasteiger partial charge in [-0.3, -0.25) is 4.79 Å². The fraction of sp³-hybridized carbons (Fsp3) is 0.619. The molecule has 0 unspecified atom stereocenters. The van der Waals surface area contributed by atoms with Crippen molar-refractivity contribution in [2.75, 3.05) is 13.1 Å². The molecule has 164 valence electrons. The fourth-order valence-electron chi connectivity index (χ4n) is 3.53. The first-order valence-electron chi connectivity index (χ1n) is 10.9. The summed E-state index contributed by atoms with van der Waals surface area (Å²) in [7, 11) is 0. The van der Waals surface area contributed by atoms with Gasteiger partial charge in [-0.25, -0.2) is 4.79 Å². The molecule has 0 aliphatic heterocycles. The molecule has 1 fully saturated rings. The molecule has 3 amide bonds. The second-order valence-electron chi connectivity index (χ2n) is 7.63. The van der Waals surface area contributed by atoms with Crippen molar-refractivity contribution in [2.24, 2.45) is 0 Å². The normalized spacial score (nSPS) is 14.4. The Kier molecular flexibility index (Phi) is 9.14. The smallest absolute Gasteiger partial charge is 0.315 e. The molecule has 2 heterocycles. The van der Waals surface area contributed by atoms with Crippen LogP contribution in [0.3, 0.4) is 0 Å².